The average molecular weight is 334 g/mol. The molecule has 2 aromatic carbocycles. The number of amides is 2. The van der Waals surface area contributed by atoms with E-state index in [1.165, 1.54) is 24.3 Å². The van der Waals surface area contributed by atoms with E-state index in [0.29, 0.717) is 5.56 Å². The van der Waals surface area contributed by atoms with Crippen molar-refractivity contribution in [3.63, 3.8) is 0 Å². The van der Waals surface area contributed by atoms with E-state index in [1.54, 1.807) is 6.07 Å². The number of halogens is 3. The Morgan fingerprint density at radius 3 is 2.50 bits per heavy atom. The summed E-state index contributed by atoms with van der Waals surface area (Å²) in [6, 6.07) is 8.79. The van der Waals surface area contributed by atoms with Crippen LogP contribution in [0.25, 0.3) is 0 Å². The van der Waals surface area contributed by atoms with Crippen LogP contribution in [0, 0.1) is 23.4 Å². The van der Waals surface area contributed by atoms with Gasteiger partial charge in [-0.3, -0.25) is 9.59 Å². The number of nitrogens with one attached hydrogen (secondary N) is 2. The first-order valence-electron chi connectivity index (χ1n) is 7.25. The molecule has 1 aliphatic heterocycles. The van der Waals surface area contributed by atoms with Gasteiger partial charge in [0.05, 0.1) is 5.69 Å². The summed E-state index contributed by atoms with van der Waals surface area (Å²) < 4.78 is 40.1. The molecule has 1 heterocycles. The van der Waals surface area contributed by atoms with E-state index in [1.807, 2.05) is 0 Å². The van der Waals surface area contributed by atoms with E-state index in [0.717, 1.165) is 12.1 Å². The lowest BCUT2D eigenvalue weighted by molar-refractivity contribution is -0.130. The summed E-state index contributed by atoms with van der Waals surface area (Å²) in [6.45, 7) is 0.110. The Morgan fingerprint density at radius 1 is 1.04 bits per heavy atom. The van der Waals surface area contributed by atoms with Gasteiger partial charge in [0, 0.05) is 12.5 Å². The first-order chi connectivity index (χ1) is 11.5. The van der Waals surface area contributed by atoms with E-state index in [-0.39, 0.29) is 12.2 Å². The molecule has 0 spiro atoms. The van der Waals surface area contributed by atoms with Crippen LogP contribution in [0.2, 0.25) is 0 Å². The SMILES string of the molecule is O=C1NCC(c2ccc(F)c(F)c2)C1C(=O)Nc1ccccc1F. The molecule has 0 saturated carbocycles. The quantitative estimate of drug-likeness (QED) is 0.848. The van der Waals surface area contributed by atoms with Gasteiger partial charge in [0.15, 0.2) is 11.6 Å². The van der Waals surface area contributed by atoms with Gasteiger partial charge in [-0.1, -0.05) is 18.2 Å². The van der Waals surface area contributed by atoms with Crippen molar-refractivity contribution in [2.24, 2.45) is 5.92 Å². The lowest BCUT2D eigenvalue weighted by Crippen LogP contribution is -2.32. The van der Waals surface area contributed by atoms with Crippen LogP contribution in [-0.4, -0.2) is 18.4 Å². The van der Waals surface area contributed by atoms with Crippen LogP contribution < -0.4 is 10.6 Å². The molecule has 7 heteroatoms. The Morgan fingerprint density at radius 2 is 1.79 bits per heavy atom. The normalized spacial score (nSPS) is 19.9. The maximum Gasteiger partial charge on any atom is 0.237 e. The molecule has 3 rings (SSSR count). The predicted molar refractivity (Wildman–Crippen MR) is 80.6 cm³/mol. The summed E-state index contributed by atoms with van der Waals surface area (Å²) in [4.78, 5) is 24.4. The van der Waals surface area contributed by atoms with Crippen LogP contribution in [0.5, 0.6) is 0 Å². The van der Waals surface area contributed by atoms with Gasteiger partial charge < -0.3 is 10.6 Å². The third-order valence-corrected chi connectivity index (χ3v) is 3.97. The molecule has 2 atom stereocenters. The highest BCUT2D eigenvalue weighted by Crippen LogP contribution is 2.31. The molecule has 4 nitrogen and oxygen atoms in total. The molecule has 2 aromatic rings. The average Bonchev–Trinajstić information content (AvgIpc) is 2.94. The Balaban J connectivity index is 1.86. The van der Waals surface area contributed by atoms with Crippen molar-refractivity contribution >= 4 is 17.5 Å². The third-order valence-electron chi connectivity index (χ3n) is 3.97. The summed E-state index contributed by atoms with van der Waals surface area (Å²) in [5, 5.41) is 4.89. The van der Waals surface area contributed by atoms with Crippen LogP contribution >= 0.6 is 0 Å². The second kappa shape index (κ2) is 6.35. The van der Waals surface area contributed by atoms with Crippen LogP contribution in [0.3, 0.4) is 0 Å². The molecule has 1 fully saturated rings. The number of carbonyl (C=O) groups is 2. The molecule has 24 heavy (non-hydrogen) atoms. The number of benzene rings is 2. The minimum atomic E-state index is -1.16. The second-order valence-corrected chi connectivity index (χ2v) is 5.47. The summed E-state index contributed by atoms with van der Waals surface area (Å²) in [7, 11) is 0. The molecule has 0 bridgehead atoms. The number of para-hydroxylation sites is 1. The maximum atomic E-state index is 13.6. The van der Waals surface area contributed by atoms with Crippen molar-refractivity contribution in [1.82, 2.24) is 5.32 Å². The molecule has 0 aliphatic carbocycles. The molecule has 1 saturated heterocycles. The number of hydrogen-bond donors (Lipinski definition) is 2. The Bertz CT molecular complexity index is 810. The number of hydrogen-bond acceptors (Lipinski definition) is 2. The molecule has 0 radical (unpaired) electrons. The first-order valence-corrected chi connectivity index (χ1v) is 7.25. The van der Waals surface area contributed by atoms with Crippen LogP contribution in [-0.2, 0) is 9.59 Å². The molecule has 0 aromatic heterocycles. The van der Waals surface area contributed by atoms with Crippen molar-refractivity contribution in [1.29, 1.82) is 0 Å². The standard InChI is InChI=1S/C17H13F3N2O2/c18-11-6-5-9(7-13(11)20)10-8-21-16(23)15(10)17(24)22-14-4-2-1-3-12(14)19/h1-7,10,15H,8H2,(H,21,23)(H,22,24). The maximum absolute atomic E-state index is 13.6. The van der Waals surface area contributed by atoms with Crippen molar-refractivity contribution in [2.75, 3.05) is 11.9 Å². The van der Waals surface area contributed by atoms with Crippen molar-refractivity contribution in [3.05, 3.63) is 65.5 Å². The van der Waals surface area contributed by atoms with Crippen molar-refractivity contribution in [2.45, 2.75) is 5.92 Å². The van der Waals surface area contributed by atoms with Crippen molar-refractivity contribution in [3.8, 4) is 0 Å². The van der Waals surface area contributed by atoms with E-state index in [4.69, 9.17) is 0 Å². The molecular weight excluding hydrogens is 321 g/mol. The molecule has 2 amide bonds. The molecule has 1 aliphatic rings. The molecule has 124 valence electrons. The summed E-state index contributed by atoms with van der Waals surface area (Å²) in [5.74, 6) is -5.77. The van der Waals surface area contributed by atoms with Gasteiger partial charge in [-0.2, -0.15) is 0 Å². The fraction of sp³-hybridized carbons (Fsp3) is 0.176. The molecular formula is C17H13F3N2O2. The number of anilines is 1. The highest BCUT2D eigenvalue weighted by molar-refractivity contribution is 6.08. The zero-order valence-electron chi connectivity index (χ0n) is 12.4. The fourth-order valence-electron chi connectivity index (χ4n) is 2.75. The van der Waals surface area contributed by atoms with Crippen LogP contribution in [0.1, 0.15) is 11.5 Å². The summed E-state index contributed by atoms with van der Waals surface area (Å²) in [5.41, 5.74) is 0.271. The van der Waals surface area contributed by atoms with Gasteiger partial charge in [0.25, 0.3) is 0 Å². The topological polar surface area (TPSA) is 58.2 Å². The Labute approximate surface area is 135 Å². The van der Waals surface area contributed by atoms with Gasteiger partial charge in [-0.05, 0) is 29.8 Å². The van der Waals surface area contributed by atoms with Gasteiger partial charge in [-0.25, -0.2) is 13.2 Å². The largest absolute Gasteiger partial charge is 0.355 e. The number of carbonyl (C=O) groups excluding carboxylic acids is 2. The van der Waals surface area contributed by atoms with Gasteiger partial charge >= 0.3 is 0 Å². The molecule has 2 N–H and O–H groups in total. The van der Waals surface area contributed by atoms with Gasteiger partial charge in [-0.15, -0.1) is 0 Å². The van der Waals surface area contributed by atoms with Crippen LogP contribution in [0.15, 0.2) is 42.5 Å². The lowest BCUT2D eigenvalue weighted by Gasteiger charge is -2.17. The summed E-state index contributed by atoms with van der Waals surface area (Å²) >= 11 is 0. The zero-order chi connectivity index (χ0) is 17.3. The van der Waals surface area contributed by atoms with E-state index >= 15 is 0 Å². The highest BCUT2D eigenvalue weighted by Gasteiger charge is 2.41. The van der Waals surface area contributed by atoms with Gasteiger partial charge in [0.1, 0.15) is 11.7 Å². The molecule has 2 unspecified atom stereocenters. The Kier molecular flexibility index (Phi) is 4.24. The van der Waals surface area contributed by atoms with Crippen LogP contribution in [0.4, 0.5) is 18.9 Å². The smallest absolute Gasteiger partial charge is 0.237 e. The predicted octanol–water partition coefficient (Wildman–Crippen LogP) is 2.57. The lowest BCUT2D eigenvalue weighted by atomic mass is 9.87. The van der Waals surface area contributed by atoms with E-state index < -0.39 is 41.1 Å². The third kappa shape index (κ3) is 2.97. The summed E-state index contributed by atoms with van der Waals surface area (Å²) in [6.07, 6.45) is 0. The second-order valence-electron chi connectivity index (χ2n) is 5.47. The van der Waals surface area contributed by atoms with Gasteiger partial charge in [0.2, 0.25) is 11.8 Å². The van der Waals surface area contributed by atoms with E-state index in [2.05, 4.69) is 10.6 Å². The Hall–Kier alpha value is -2.83. The minimum absolute atomic E-state index is 0.0498. The highest BCUT2D eigenvalue weighted by atomic mass is 19.2. The monoisotopic (exact) mass is 334 g/mol. The first kappa shape index (κ1) is 16.0. The number of rotatable bonds is 3. The minimum Gasteiger partial charge on any atom is -0.355 e. The fourth-order valence-corrected chi connectivity index (χ4v) is 2.75. The van der Waals surface area contributed by atoms with Crippen molar-refractivity contribution < 1.29 is 22.8 Å². The zero-order valence-corrected chi connectivity index (χ0v) is 12.4. The van der Waals surface area contributed by atoms with E-state index in [9.17, 15) is 22.8 Å².